The van der Waals surface area contributed by atoms with Gasteiger partial charge in [0, 0.05) is 43.7 Å². The number of methoxy groups -OCH3 is 1. The smallest absolute Gasteiger partial charge is 0.227 e. The van der Waals surface area contributed by atoms with Gasteiger partial charge in [0.25, 0.3) is 0 Å². The van der Waals surface area contributed by atoms with E-state index in [0.717, 1.165) is 51.0 Å². The molecule has 3 rings (SSSR count). The first-order valence-electron chi connectivity index (χ1n) is 10.3. The van der Waals surface area contributed by atoms with Gasteiger partial charge in [-0.3, -0.25) is 4.79 Å². The number of likely N-dealkylation sites (tertiary alicyclic amines) is 1. The van der Waals surface area contributed by atoms with Crippen LogP contribution in [0.3, 0.4) is 0 Å². The van der Waals surface area contributed by atoms with Crippen molar-refractivity contribution < 1.29 is 9.53 Å². The first-order valence-corrected chi connectivity index (χ1v) is 11.2. The normalized spacial score (nSPS) is 16.8. The Labute approximate surface area is 173 Å². The summed E-state index contributed by atoms with van der Waals surface area (Å²) in [5.41, 5.74) is 0.729. The highest BCUT2D eigenvalue weighted by molar-refractivity contribution is 7.09. The Hall–Kier alpha value is -1.69. The lowest BCUT2D eigenvalue weighted by Gasteiger charge is -2.48. The molecule has 1 aliphatic heterocycles. The molecule has 0 bridgehead atoms. The van der Waals surface area contributed by atoms with E-state index >= 15 is 0 Å². The number of ether oxygens (including phenoxy) is 1. The van der Waals surface area contributed by atoms with Crippen LogP contribution in [0.4, 0.5) is 5.69 Å². The van der Waals surface area contributed by atoms with Crippen molar-refractivity contribution in [3.05, 3.63) is 52.7 Å². The third kappa shape index (κ3) is 5.02. The van der Waals surface area contributed by atoms with Gasteiger partial charge in [-0.2, -0.15) is 0 Å². The highest BCUT2D eigenvalue weighted by atomic mass is 32.1. The van der Waals surface area contributed by atoms with Crippen molar-refractivity contribution in [3.63, 3.8) is 0 Å². The van der Waals surface area contributed by atoms with Crippen LogP contribution in [-0.2, 0) is 16.0 Å². The Morgan fingerprint density at radius 1 is 1.18 bits per heavy atom. The second kappa shape index (κ2) is 10.2. The summed E-state index contributed by atoms with van der Waals surface area (Å²) in [7, 11) is 1.75. The summed E-state index contributed by atoms with van der Waals surface area (Å²) in [6, 6.07) is 14.5. The first kappa shape index (κ1) is 21.0. The molecule has 1 aromatic carbocycles. The van der Waals surface area contributed by atoms with E-state index in [-0.39, 0.29) is 11.4 Å². The van der Waals surface area contributed by atoms with Crippen LogP contribution in [0, 0.1) is 0 Å². The van der Waals surface area contributed by atoms with Gasteiger partial charge < -0.3 is 14.5 Å². The Morgan fingerprint density at radius 2 is 1.93 bits per heavy atom. The van der Waals surface area contributed by atoms with Gasteiger partial charge in [-0.05, 0) is 49.3 Å². The Bertz CT molecular complexity index is 709. The van der Waals surface area contributed by atoms with Crippen LogP contribution in [0.2, 0.25) is 0 Å². The summed E-state index contributed by atoms with van der Waals surface area (Å²) in [5, 5.41) is 2.15. The van der Waals surface area contributed by atoms with Crippen LogP contribution in [0.5, 0.6) is 0 Å². The summed E-state index contributed by atoms with van der Waals surface area (Å²) in [5.74, 6) is 0.206. The predicted molar refractivity (Wildman–Crippen MR) is 117 cm³/mol. The van der Waals surface area contributed by atoms with Gasteiger partial charge in [0.05, 0.1) is 12.1 Å². The molecular weight excluding hydrogens is 368 g/mol. The molecule has 28 heavy (non-hydrogen) atoms. The van der Waals surface area contributed by atoms with Crippen molar-refractivity contribution in [2.75, 3.05) is 38.3 Å². The monoisotopic (exact) mass is 400 g/mol. The summed E-state index contributed by atoms with van der Waals surface area (Å²) in [6.45, 7) is 5.72. The van der Waals surface area contributed by atoms with Crippen LogP contribution in [0.1, 0.15) is 37.5 Å². The topological polar surface area (TPSA) is 32.8 Å². The van der Waals surface area contributed by atoms with Gasteiger partial charge in [0.1, 0.15) is 0 Å². The van der Waals surface area contributed by atoms with Crippen molar-refractivity contribution in [2.24, 2.45) is 0 Å². The van der Waals surface area contributed by atoms with Crippen LogP contribution in [0.15, 0.2) is 47.8 Å². The zero-order chi connectivity index (χ0) is 19.8. The quantitative estimate of drug-likeness (QED) is 0.616. The maximum absolute atomic E-state index is 13.1. The maximum Gasteiger partial charge on any atom is 0.227 e. The summed E-state index contributed by atoms with van der Waals surface area (Å²) in [6.07, 6.45) is 4.41. The Morgan fingerprint density at radius 3 is 2.54 bits per heavy atom. The molecule has 1 aromatic heterocycles. The number of carbonyl (C=O) groups excluding carboxylic acids is 1. The molecule has 0 radical (unpaired) electrons. The number of carbonyl (C=O) groups is 1. The molecule has 0 unspecified atom stereocenters. The third-order valence-electron chi connectivity index (χ3n) is 5.66. The van der Waals surface area contributed by atoms with E-state index in [0.29, 0.717) is 13.0 Å². The van der Waals surface area contributed by atoms with Gasteiger partial charge in [-0.15, -0.1) is 11.3 Å². The van der Waals surface area contributed by atoms with Gasteiger partial charge in [0.15, 0.2) is 0 Å². The lowest BCUT2D eigenvalue weighted by molar-refractivity contribution is -0.121. The van der Waals surface area contributed by atoms with Crippen molar-refractivity contribution in [1.82, 2.24) is 4.90 Å². The summed E-state index contributed by atoms with van der Waals surface area (Å²) < 4.78 is 5.66. The average Bonchev–Trinajstić information content (AvgIpc) is 3.23. The van der Waals surface area contributed by atoms with Crippen LogP contribution in [-0.4, -0.2) is 49.7 Å². The first-order chi connectivity index (χ1) is 13.7. The molecule has 2 heterocycles. The molecule has 0 spiro atoms. The van der Waals surface area contributed by atoms with E-state index < -0.39 is 0 Å². The molecule has 1 fully saturated rings. The minimum Gasteiger partial charge on any atom is -0.382 e. The molecule has 2 aromatic rings. The fraction of sp³-hybridized carbons (Fsp3) is 0.522. The Balaban J connectivity index is 1.75. The number of amides is 1. The summed E-state index contributed by atoms with van der Waals surface area (Å²) >= 11 is 1.83. The van der Waals surface area contributed by atoms with E-state index in [1.807, 2.05) is 41.7 Å². The van der Waals surface area contributed by atoms with Crippen molar-refractivity contribution in [2.45, 2.75) is 44.6 Å². The van der Waals surface area contributed by atoms with Crippen molar-refractivity contribution in [3.8, 4) is 0 Å². The molecule has 4 nitrogen and oxygen atoms in total. The molecule has 0 aliphatic carbocycles. The number of benzene rings is 1. The van der Waals surface area contributed by atoms with E-state index in [2.05, 4.69) is 34.2 Å². The standard InChI is InChI=1S/C23H32N2O2S/c1-3-8-22(26)25(20-9-5-4-6-10-20)23(19-27-2)13-16-24(17-14-23)15-12-21-11-7-18-28-21/h4-7,9-11,18H,3,8,12-17,19H2,1-2H3. The number of rotatable bonds is 9. The molecular formula is C23H32N2O2S. The zero-order valence-corrected chi connectivity index (χ0v) is 17.9. The highest BCUT2D eigenvalue weighted by Crippen LogP contribution is 2.34. The minimum atomic E-state index is -0.262. The molecule has 1 aliphatic rings. The summed E-state index contributed by atoms with van der Waals surface area (Å²) in [4.78, 5) is 19.2. The van der Waals surface area contributed by atoms with Crippen LogP contribution in [0.25, 0.3) is 0 Å². The van der Waals surface area contributed by atoms with Gasteiger partial charge in [0.2, 0.25) is 5.91 Å². The lowest BCUT2D eigenvalue weighted by atomic mass is 9.85. The molecule has 1 saturated heterocycles. The maximum atomic E-state index is 13.1. The van der Waals surface area contributed by atoms with Gasteiger partial charge in [-0.1, -0.05) is 31.2 Å². The van der Waals surface area contributed by atoms with Crippen LogP contribution >= 0.6 is 11.3 Å². The van der Waals surface area contributed by atoms with Crippen molar-refractivity contribution >= 4 is 22.9 Å². The number of para-hydroxylation sites is 1. The number of hydrogen-bond acceptors (Lipinski definition) is 4. The second-order valence-corrected chi connectivity index (χ2v) is 8.68. The molecule has 5 heteroatoms. The Kier molecular flexibility index (Phi) is 7.65. The number of hydrogen-bond donors (Lipinski definition) is 0. The number of anilines is 1. The van der Waals surface area contributed by atoms with Crippen molar-refractivity contribution in [1.29, 1.82) is 0 Å². The van der Waals surface area contributed by atoms with E-state index in [9.17, 15) is 4.79 Å². The minimum absolute atomic E-state index is 0.206. The SMILES string of the molecule is CCCC(=O)N(c1ccccc1)C1(COC)CCN(CCc2cccs2)CC1. The molecule has 0 saturated carbocycles. The largest absolute Gasteiger partial charge is 0.382 e. The lowest BCUT2D eigenvalue weighted by Crippen LogP contribution is -2.60. The van der Waals surface area contributed by atoms with Crippen LogP contribution < -0.4 is 4.90 Å². The van der Waals surface area contributed by atoms with E-state index in [1.165, 1.54) is 4.88 Å². The second-order valence-electron chi connectivity index (χ2n) is 7.64. The fourth-order valence-electron chi connectivity index (χ4n) is 4.20. The van der Waals surface area contributed by atoms with Gasteiger partial charge in [-0.25, -0.2) is 0 Å². The van der Waals surface area contributed by atoms with E-state index in [1.54, 1.807) is 7.11 Å². The molecule has 1 amide bonds. The third-order valence-corrected chi connectivity index (χ3v) is 6.59. The molecule has 0 atom stereocenters. The van der Waals surface area contributed by atoms with Gasteiger partial charge >= 0.3 is 0 Å². The zero-order valence-electron chi connectivity index (χ0n) is 17.1. The number of piperidine rings is 1. The fourth-order valence-corrected chi connectivity index (χ4v) is 4.90. The predicted octanol–water partition coefficient (Wildman–Crippen LogP) is 4.60. The van der Waals surface area contributed by atoms with E-state index in [4.69, 9.17) is 4.74 Å². The number of thiophene rings is 1. The molecule has 0 N–H and O–H groups in total. The average molecular weight is 401 g/mol. The highest BCUT2D eigenvalue weighted by Gasteiger charge is 2.42. The molecule has 152 valence electrons. The number of nitrogens with zero attached hydrogens (tertiary/aromatic N) is 2.